The first-order valence-electron chi connectivity index (χ1n) is 6.18. The molecule has 0 bridgehead atoms. The van der Waals surface area contributed by atoms with Crippen LogP contribution in [0, 0.1) is 5.92 Å². The molecule has 0 saturated carbocycles. The van der Waals surface area contributed by atoms with Crippen molar-refractivity contribution in [2.75, 3.05) is 12.0 Å². The first-order valence-corrected chi connectivity index (χ1v) is 7.91. The van der Waals surface area contributed by atoms with Crippen LogP contribution in [0.3, 0.4) is 0 Å². The van der Waals surface area contributed by atoms with Crippen LogP contribution in [0.15, 0.2) is 0 Å². The molecule has 4 atom stereocenters. The van der Waals surface area contributed by atoms with Gasteiger partial charge in [-0.05, 0) is 19.8 Å². The van der Waals surface area contributed by atoms with Gasteiger partial charge in [-0.1, -0.05) is 13.8 Å². The predicted molar refractivity (Wildman–Crippen MR) is 71.5 cm³/mol. The van der Waals surface area contributed by atoms with E-state index >= 15 is 0 Å². The van der Waals surface area contributed by atoms with Crippen LogP contribution in [0.1, 0.15) is 27.7 Å². The lowest BCUT2D eigenvalue weighted by Gasteiger charge is -2.42. The molecule has 0 spiro atoms. The summed E-state index contributed by atoms with van der Waals surface area (Å²) < 4.78 is 11.3. The van der Waals surface area contributed by atoms with E-state index in [9.17, 15) is 13.8 Å². The Morgan fingerprint density at radius 3 is 2.33 bits per heavy atom. The maximum atomic E-state index is 12.4. The van der Waals surface area contributed by atoms with E-state index < -0.39 is 22.9 Å². The molecule has 18 heavy (non-hydrogen) atoms. The minimum atomic E-state index is -0.986. The lowest BCUT2D eigenvalue weighted by Crippen LogP contribution is -2.66. The summed E-state index contributed by atoms with van der Waals surface area (Å²) in [6.07, 6.45) is 1.61. The van der Waals surface area contributed by atoms with Gasteiger partial charge in [0.25, 0.3) is 0 Å². The molecule has 0 aromatic heterocycles. The second kappa shape index (κ2) is 5.82. The van der Waals surface area contributed by atoms with Gasteiger partial charge in [0.1, 0.15) is 12.1 Å². The number of nitrogens with one attached hydrogen (secondary N) is 1. The average Bonchev–Trinajstić information content (AvgIpc) is 2.22. The molecule has 1 aliphatic rings. The summed E-state index contributed by atoms with van der Waals surface area (Å²) in [4.78, 5) is 25.8. The molecule has 6 heteroatoms. The molecule has 0 radical (unpaired) electrons. The van der Waals surface area contributed by atoms with Gasteiger partial charge in [-0.3, -0.25) is 13.8 Å². The minimum absolute atomic E-state index is 0.0516. The smallest absolute Gasteiger partial charge is 0.246 e. The Kier molecular flexibility index (Phi) is 4.90. The zero-order valence-corrected chi connectivity index (χ0v) is 12.4. The summed E-state index contributed by atoms with van der Waals surface area (Å²) in [6, 6.07) is -1.15. The number of hydrogen-bond donors (Lipinski definition) is 1. The van der Waals surface area contributed by atoms with Crippen LogP contribution >= 0.6 is 0 Å². The molecule has 1 fully saturated rings. The second-order valence-electron chi connectivity index (χ2n) is 5.24. The number of rotatable bonds is 4. The number of hydrogen-bond acceptors (Lipinski definition) is 3. The lowest BCUT2D eigenvalue weighted by molar-refractivity contribution is -0.151. The third kappa shape index (κ3) is 3.10. The molecule has 1 rings (SSSR count). The summed E-state index contributed by atoms with van der Waals surface area (Å²) >= 11 is 0. The van der Waals surface area contributed by atoms with Crippen LogP contribution in [0.2, 0.25) is 0 Å². The highest BCUT2D eigenvalue weighted by Gasteiger charge is 2.41. The van der Waals surface area contributed by atoms with Gasteiger partial charge >= 0.3 is 0 Å². The van der Waals surface area contributed by atoms with E-state index in [0.29, 0.717) is 5.75 Å². The van der Waals surface area contributed by atoms with Crippen LogP contribution < -0.4 is 5.32 Å². The fourth-order valence-corrected chi connectivity index (χ4v) is 3.12. The molecule has 0 aromatic rings. The Morgan fingerprint density at radius 1 is 1.33 bits per heavy atom. The highest BCUT2D eigenvalue weighted by atomic mass is 32.2. The maximum Gasteiger partial charge on any atom is 0.246 e. The van der Waals surface area contributed by atoms with Crippen LogP contribution in [-0.2, 0) is 20.4 Å². The Labute approximate surface area is 111 Å². The molecular weight excluding hydrogens is 252 g/mol. The molecule has 0 aromatic carbocycles. The largest absolute Gasteiger partial charge is 0.342 e. The minimum Gasteiger partial charge on any atom is -0.342 e. The first-order chi connectivity index (χ1) is 8.25. The van der Waals surface area contributed by atoms with E-state index in [1.807, 2.05) is 20.8 Å². The second-order valence-corrected chi connectivity index (χ2v) is 6.72. The zero-order chi connectivity index (χ0) is 14.0. The number of nitrogens with zero attached hydrogens (tertiary/aromatic N) is 1. The molecule has 4 unspecified atom stereocenters. The number of amides is 2. The van der Waals surface area contributed by atoms with E-state index in [4.69, 9.17) is 0 Å². The lowest BCUT2D eigenvalue weighted by atomic mass is 9.97. The molecular formula is C12H22N2O3S. The van der Waals surface area contributed by atoms with E-state index in [2.05, 4.69) is 5.32 Å². The van der Waals surface area contributed by atoms with Gasteiger partial charge < -0.3 is 10.2 Å². The van der Waals surface area contributed by atoms with Gasteiger partial charge in [-0.15, -0.1) is 0 Å². The monoisotopic (exact) mass is 274 g/mol. The molecule has 1 aliphatic heterocycles. The molecule has 1 saturated heterocycles. The summed E-state index contributed by atoms with van der Waals surface area (Å²) in [6.45, 7) is 7.35. The molecule has 1 N–H and O–H groups in total. The third-order valence-corrected chi connectivity index (χ3v) is 4.18. The summed E-state index contributed by atoms with van der Waals surface area (Å²) in [5, 5.41) is 2.75. The van der Waals surface area contributed by atoms with Crippen LogP contribution in [0.4, 0.5) is 0 Å². The van der Waals surface area contributed by atoms with Crippen molar-refractivity contribution in [1.82, 2.24) is 10.2 Å². The quantitative estimate of drug-likeness (QED) is 0.792. The Morgan fingerprint density at radius 2 is 1.89 bits per heavy atom. The fourth-order valence-electron chi connectivity index (χ4n) is 2.28. The van der Waals surface area contributed by atoms with Crippen molar-refractivity contribution in [3.63, 3.8) is 0 Å². The molecule has 5 nitrogen and oxygen atoms in total. The first kappa shape index (κ1) is 15.1. The van der Waals surface area contributed by atoms with E-state index in [1.165, 1.54) is 0 Å². The Bertz CT molecular complexity index is 370. The molecule has 104 valence electrons. The Hall–Kier alpha value is -0.910. The van der Waals surface area contributed by atoms with E-state index in [-0.39, 0.29) is 23.8 Å². The molecule has 0 aliphatic carbocycles. The molecule has 1 heterocycles. The SMILES string of the molecule is CC(C)C1NC(=O)C(C)N(C(C)CS(C)=O)C1=O. The van der Waals surface area contributed by atoms with E-state index in [1.54, 1.807) is 18.1 Å². The van der Waals surface area contributed by atoms with Crippen molar-refractivity contribution in [3.8, 4) is 0 Å². The van der Waals surface area contributed by atoms with Gasteiger partial charge in [-0.25, -0.2) is 0 Å². The maximum absolute atomic E-state index is 12.4. The molecule has 2 amide bonds. The number of piperazine rings is 1. The van der Waals surface area contributed by atoms with Crippen molar-refractivity contribution in [2.45, 2.75) is 45.8 Å². The standard InChI is InChI=1S/C12H22N2O3S/c1-7(2)10-12(16)14(8(3)6-18(5)17)9(4)11(15)13-10/h7-10H,6H2,1-5H3,(H,13,15). The summed E-state index contributed by atoms with van der Waals surface area (Å²) in [5.74, 6) is 0.238. The predicted octanol–water partition coefficient (Wildman–Crippen LogP) is 0.125. The van der Waals surface area contributed by atoms with Crippen molar-refractivity contribution in [2.24, 2.45) is 5.92 Å². The van der Waals surface area contributed by atoms with Crippen molar-refractivity contribution in [1.29, 1.82) is 0 Å². The summed E-state index contributed by atoms with van der Waals surface area (Å²) in [7, 11) is -0.986. The topological polar surface area (TPSA) is 66.5 Å². The van der Waals surface area contributed by atoms with Crippen molar-refractivity contribution < 1.29 is 13.8 Å². The highest BCUT2D eigenvalue weighted by Crippen LogP contribution is 2.18. The number of carbonyl (C=O) groups excluding carboxylic acids is 2. The zero-order valence-electron chi connectivity index (χ0n) is 11.6. The van der Waals surface area contributed by atoms with Gasteiger partial charge in [-0.2, -0.15) is 0 Å². The van der Waals surface area contributed by atoms with Crippen LogP contribution in [0.25, 0.3) is 0 Å². The van der Waals surface area contributed by atoms with Crippen molar-refractivity contribution in [3.05, 3.63) is 0 Å². The highest BCUT2D eigenvalue weighted by molar-refractivity contribution is 7.84. The normalized spacial score (nSPS) is 28.2. The van der Waals surface area contributed by atoms with Gasteiger partial charge in [0, 0.05) is 28.9 Å². The van der Waals surface area contributed by atoms with Crippen LogP contribution in [0.5, 0.6) is 0 Å². The van der Waals surface area contributed by atoms with Gasteiger partial charge in [0.15, 0.2) is 0 Å². The fraction of sp³-hybridized carbons (Fsp3) is 0.833. The van der Waals surface area contributed by atoms with Gasteiger partial charge in [0.05, 0.1) is 0 Å². The van der Waals surface area contributed by atoms with Crippen LogP contribution in [-0.4, -0.2) is 51.1 Å². The Balaban J connectivity index is 2.94. The van der Waals surface area contributed by atoms with Crippen molar-refractivity contribution >= 4 is 22.6 Å². The third-order valence-electron chi connectivity index (χ3n) is 3.23. The summed E-state index contributed by atoms with van der Waals surface area (Å²) in [5.41, 5.74) is 0. The number of carbonyl (C=O) groups is 2. The van der Waals surface area contributed by atoms with E-state index in [0.717, 1.165) is 0 Å². The average molecular weight is 274 g/mol. The van der Waals surface area contributed by atoms with Gasteiger partial charge in [0.2, 0.25) is 11.8 Å².